The maximum Gasteiger partial charge on any atom is 0.260 e. The molecule has 2 aromatic rings. The SMILES string of the molecule is Cc1cccc(C(=O)Nc2cccc(OCC(=O)N3CCCC3)c2)c1I. The minimum atomic E-state index is -0.164. The van der Waals surface area contributed by atoms with E-state index in [9.17, 15) is 9.59 Å². The number of carbonyl (C=O) groups is 2. The lowest BCUT2D eigenvalue weighted by Crippen LogP contribution is -2.32. The van der Waals surface area contributed by atoms with Crippen LogP contribution >= 0.6 is 22.6 Å². The summed E-state index contributed by atoms with van der Waals surface area (Å²) in [6, 6.07) is 12.8. The predicted molar refractivity (Wildman–Crippen MR) is 110 cm³/mol. The Bertz CT molecular complexity index is 816. The van der Waals surface area contributed by atoms with Crippen LogP contribution in [0.25, 0.3) is 0 Å². The molecule has 1 aliphatic heterocycles. The highest BCUT2D eigenvalue weighted by Gasteiger charge is 2.18. The first kappa shape index (κ1) is 18.7. The highest BCUT2D eigenvalue weighted by atomic mass is 127. The van der Waals surface area contributed by atoms with Crippen LogP contribution in [-0.2, 0) is 4.79 Å². The number of nitrogens with one attached hydrogen (secondary N) is 1. The molecule has 0 aromatic heterocycles. The third-order valence-electron chi connectivity index (χ3n) is 4.35. The van der Waals surface area contributed by atoms with E-state index in [1.807, 2.05) is 24.0 Å². The summed E-state index contributed by atoms with van der Waals surface area (Å²) in [5.74, 6) is 0.406. The third kappa shape index (κ3) is 4.55. The number of benzene rings is 2. The Kier molecular flexibility index (Phi) is 6.13. The Morgan fingerprint density at radius 2 is 1.88 bits per heavy atom. The van der Waals surface area contributed by atoms with Crippen molar-refractivity contribution in [2.24, 2.45) is 0 Å². The largest absolute Gasteiger partial charge is 0.484 e. The van der Waals surface area contributed by atoms with Crippen LogP contribution in [0.1, 0.15) is 28.8 Å². The molecule has 1 N–H and O–H groups in total. The zero-order valence-corrected chi connectivity index (χ0v) is 16.8. The summed E-state index contributed by atoms with van der Waals surface area (Å²) in [7, 11) is 0. The van der Waals surface area contributed by atoms with Crippen LogP contribution in [-0.4, -0.2) is 36.4 Å². The lowest BCUT2D eigenvalue weighted by molar-refractivity contribution is -0.132. The summed E-state index contributed by atoms with van der Waals surface area (Å²) in [6.45, 7) is 3.62. The van der Waals surface area contributed by atoms with Crippen LogP contribution < -0.4 is 10.1 Å². The van der Waals surface area contributed by atoms with E-state index < -0.39 is 0 Å². The Morgan fingerprint density at radius 3 is 2.65 bits per heavy atom. The number of ether oxygens (including phenoxy) is 1. The molecule has 136 valence electrons. The van der Waals surface area contributed by atoms with Crippen LogP contribution in [0, 0.1) is 10.5 Å². The molecule has 1 saturated heterocycles. The number of likely N-dealkylation sites (tertiary alicyclic amines) is 1. The Morgan fingerprint density at radius 1 is 1.15 bits per heavy atom. The van der Waals surface area contributed by atoms with Crippen molar-refractivity contribution >= 4 is 40.1 Å². The zero-order valence-electron chi connectivity index (χ0n) is 14.6. The van der Waals surface area contributed by atoms with E-state index in [4.69, 9.17) is 4.74 Å². The fourth-order valence-electron chi connectivity index (χ4n) is 2.89. The van der Waals surface area contributed by atoms with Crippen LogP contribution in [0.4, 0.5) is 5.69 Å². The van der Waals surface area contributed by atoms with E-state index in [1.165, 1.54) is 0 Å². The molecule has 0 bridgehead atoms. The summed E-state index contributed by atoms with van der Waals surface area (Å²) < 4.78 is 6.54. The van der Waals surface area contributed by atoms with Gasteiger partial charge in [-0.1, -0.05) is 18.2 Å². The van der Waals surface area contributed by atoms with Gasteiger partial charge in [0.05, 0.1) is 5.56 Å². The van der Waals surface area contributed by atoms with E-state index >= 15 is 0 Å². The average Bonchev–Trinajstić information content (AvgIpc) is 3.17. The van der Waals surface area contributed by atoms with Gasteiger partial charge in [0.25, 0.3) is 11.8 Å². The van der Waals surface area contributed by atoms with Gasteiger partial charge in [0.15, 0.2) is 6.61 Å². The number of nitrogens with zero attached hydrogens (tertiary/aromatic N) is 1. The van der Waals surface area contributed by atoms with E-state index in [0.29, 0.717) is 17.0 Å². The smallest absolute Gasteiger partial charge is 0.260 e. The summed E-state index contributed by atoms with van der Waals surface area (Å²) in [5, 5.41) is 2.89. The number of carbonyl (C=O) groups excluding carboxylic acids is 2. The second-order valence-electron chi connectivity index (χ2n) is 6.29. The van der Waals surface area contributed by atoms with Crippen LogP contribution in [0.15, 0.2) is 42.5 Å². The van der Waals surface area contributed by atoms with Gasteiger partial charge in [-0.05, 0) is 66.1 Å². The molecule has 2 aromatic carbocycles. The van der Waals surface area contributed by atoms with Gasteiger partial charge in [0, 0.05) is 28.4 Å². The molecule has 0 saturated carbocycles. The molecule has 0 aliphatic carbocycles. The van der Waals surface area contributed by atoms with Gasteiger partial charge in [-0.15, -0.1) is 0 Å². The van der Waals surface area contributed by atoms with E-state index in [-0.39, 0.29) is 18.4 Å². The monoisotopic (exact) mass is 464 g/mol. The number of rotatable bonds is 5. The first-order chi connectivity index (χ1) is 12.5. The molecule has 0 unspecified atom stereocenters. The molecule has 26 heavy (non-hydrogen) atoms. The van der Waals surface area contributed by atoms with Crippen molar-refractivity contribution in [3.05, 3.63) is 57.2 Å². The molecule has 2 amide bonds. The second kappa shape index (κ2) is 8.53. The quantitative estimate of drug-likeness (QED) is 0.685. The number of anilines is 1. The molecule has 0 atom stereocenters. The van der Waals surface area contributed by atoms with Crippen molar-refractivity contribution in [1.29, 1.82) is 0 Å². The maximum absolute atomic E-state index is 12.5. The lowest BCUT2D eigenvalue weighted by atomic mass is 10.1. The van der Waals surface area contributed by atoms with Gasteiger partial charge in [0.1, 0.15) is 5.75 Å². The molecule has 5 nitrogen and oxygen atoms in total. The van der Waals surface area contributed by atoms with Crippen molar-refractivity contribution in [1.82, 2.24) is 4.90 Å². The van der Waals surface area contributed by atoms with Crippen molar-refractivity contribution in [3.8, 4) is 5.75 Å². The number of halogens is 1. The first-order valence-corrected chi connectivity index (χ1v) is 9.69. The van der Waals surface area contributed by atoms with Crippen molar-refractivity contribution in [3.63, 3.8) is 0 Å². The minimum absolute atomic E-state index is 0.00579. The third-order valence-corrected chi connectivity index (χ3v) is 5.78. The van der Waals surface area contributed by atoms with Gasteiger partial charge < -0.3 is 15.0 Å². The highest BCUT2D eigenvalue weighted by molar-refractivity contribution is 14.1. The van der Waals surface area contributed by atoms with E-state index in [1.54, 1.807) is 30.3 Å². The molecule has 1 aliphatic rings. The van der Waals surface area contributed by atoms with Crippen LogP contribution in [0.2, 0.25) is 0 Å². The topological polar surface area (TPSA) is 58.6 Å². The standard InChI is InChI=1S/C20H21IN2O3/c1-14-6-4-9-17(19(14)21)20(25)22-15-7-5-8-16(12-15)26-13-18(24)23-10-2-3-11-23/h4-9,12H,2-3,10-11,13H2,1H3,(H,22,25). The summed E-state index contributed by atoms with van der Waals surface area (Å²) in [6.07, 6.45) is 2.12. The van der Waals surface area contributed by atoms with Gasteiger partial charge in [-0.3, -0.25) is 9.59 Å². The van der Waals surface area contributed by atoms with Crippen molar-refractivity contribution in [2.45, 2.75) is 19.8 Å². The molecular weight excluding hydrogens is 443 g/mol. The molecular formula is C20H21IN2O3. The Labute approximate surface area is 166 Å². The summed E-state index contributed by atoms with van der Waals surface area (Å²) >= 11 is 2.18. The van der Waals surface area contributed by atoms with Gasteiger partial charge in [0.2, 0.25) is 0 Å². The average molecular weight is 464 g/mol. The lowest BCUT2D eigenvalue weighted by Gasteiger charge is -2.16. The first-order valence-electron chi connectivity index (χ1n) is 8.62. The summed E-state index contributed by atoms with van der Waals surface area (Å²) in [5.41, 5.74) is 2.34. The van der Waals surface area contributed by atoms with Crippen molar-refractivity contribution < 1.29 is 14.3 Å². The Hall–Kier alpha value is -2.09. The number of hydrogen-bond acceptors (Lipinski definition) is 3. The molecule has 0 radical (unpaired) electrons. The fraction of sp³-hybridized carbons (Fsp3) is 0.300. The maximum atomic E-state index is 12.5. The van der Waals surface area contributed by atoms with E-state index in [2.05, 4.69) is 27.9 Å². The Balaban J connectivity index is 1.62. The molecule has 1 heterocycles. The minimum Gasteiger partial charge on any atom is -0.484 e. The van der Waals surface area contributed by atoms with Gasteiger partial charge >= 0.3 is 0 Å². The number of hydrogen-bond donors (Lipinski definition) is 1. The molecule has 6 heteroatoms. The van der Waals surface area contributed by atoms with Crippen LogP contribution in [0.5, 0.6) is 5.75 Å². The predicted octanol–water partition coefficient (Wildman–Crippen LogP) is 3.85. The fourth-order valence-corrected chi connectivity index (χ4v) is 3.49. The molecule has 0 spiro atoms. The molecule has 1 fully saturated rings. The summed E-state index contributed by atoms with van der Waals surface area (Å²) in [4.78, 5) is 26.4. The van der Waals surface area contributed by atoms with Gasteiger partial charge in [-0.25, -0.2) is 0 Å². The molecule has 3 rings (SSSR count). The van der Waals surface area contributed by atoms with E-state index in [0.717, 1.165) is 35.1 Å². The van der Waals surface area contributed by atoms with Crippen LogP contribution in [0.3, 0.4) is 0 Å². The highest BCUT2D eigenvalue weighted by Crippen LogP contribution is 2.21. The second-order valence-corrected chi connectivity index (χ2v) is 7.37. The van der Waals surface area contributed by atoms with Gasteiger partial charge in [-0.2, -0.15) is 0 Å². The normalized spacial score (nSPS) is 13.5. The van der Waals surface area contributed by atoms with Crippen molar-refractivity contribution in [2.75, 3.05) is 25.0 Å². The number of amides is 2. The number of aryl methyl sites for hydroxylation is 1. The zero-order chi connectivity index (χ0) is 18.5.